The number of furan rings is 1. The minimum absolute atomic E-state index is 0.00732. The van der Waals surface area contributed by atoms with E-state index in [4.69, 9.17) is 14.1 Å². The van der Waals surface area contributed by atoms with Crippen molar-refractivity contribution in [2.45, 2.75) is 24.8 Å². The smallest absolute Gasteiger partial charge is 0.338 e. The third kappa shape index (κ3) is 5.64. The highest BCUT2D eigenvalue weighted by Crippen LogP contribution is 2.35. The summed E-state index contributed by atoms with van der Waals surface area (Å²) in [5.41, 5.74) is 3.47. The van der Waals surface area contributed by atoms with Crippen molar-refractivity contribution in [3.05, 3.63) is 139 Å². The first-order chi connectivity index (χ1) is 21.4. The van der Waals surface area contributed by atoms with Gasteiger partial charge in [0.15, 0.2) is 10.6 Å². The number of carbonyl (C=O) groups is 2. The molecule has 1 aliphatic rings. The number of ether oxygens (including phenoxy) is 1. The van der Waals surface area contributed by atoms with E-state index in [1.165, 1.54) is 18.3 Å². The number of thioether (sulfide) groups is 1. The number of ketones is 1. The van der Waals surface area contributed by atoms with Crippen molar-refractivity contribution < 1.29 is 18.7 Å². The van der Waals surface area contributed by atoms with Crippen LogP contribution in [0.2, 0.25) is 0 Å². The van der Waals surface area contributed by atoms with Gasteiger partial charge in [0.05, 0.1) is 28.5 Å². The zero-order chi connectivity index (χ0) is 30.8. The predicted octanol–water partition coefficient (Wildman–Crippen LogP) is 6.12. The Morgan fingerprint density at radius 1 is 0.977 bits per heavy atom. The molecule has 7 nitrogen and oxygen atoms in total. The Kier molecular flexibility index (Phi) is 8.32. The van der Waals surface area contributed by atoms with Gasteiger partial charge in [-0.2, -0.15) is 0 Å². The van der Waals surface area contributed by atoms with Gasteiger partial charge in [0.1, 0.15) is 11.5 Å². The van der Waals surface area contributed by atoms with Crippen LogP contribution < -0.4 is 14.9 Å². The fourth-order valence-electron chi connectivity index (χ4n) is 5.13. The lowest BCUT2D eigenvalue weighted by Gasteiger charge is -2.26. The van der Waals surface area contributed by atoms with Gasteiger partial charge in [-0.25, -0.2) is 9.79 Å². The molecule has 0 amide bonds. The molecule has 5 aromatic rings. The first-order valence-corrected chi connectivity index (χ1v) is 16.1. The first kappa shape index (κ1) is 29.3. The summed E-state index contributed by atoms with van der Waals surface area (Å²) in [6, 6.07) is 27.4. The number of carbonyl (C=O) groups excluding carboxylic acids is 2. The molecule has 6 rings (SSSR count). The number of rotatable bonds is 8. The molecule has 220 valence electrons. The number of esters is 1. The van der Waals surface area contributed by atoms with Gasteiger partial charge in [-0.15, -0.1) is 11.8 Å². The normalized spacial score (nSPS) is 14.7. The molecule has 9 heteroatoms. The van der Waals surface area contributed by atoms with E-state index in [9.17, 15) is 14.4 Å². The van der Waals surface area contributed by atoms with Crippen molar-refractivity contribution in [3.63, 3.8) is 0 Å². The summed E-state index contributed by atoms with van der Waals surface area (Å²) in [6.07, 6.45) is 3.69. The van der Waals surface area contributed by atoms with E-state index in [1.54, 1.807) is 47.5 Å². The average molecular weight is 621 g/mol. The lowest BCUT2D eigenvalue weighted by atomic mass is 9.93. The van der Waals surface area contributed by atoms with Crippen LogP contribution >= 0.6 is 23.1 Å². The highest BCUT2D eigenvalue weighted by molar-refractivity contribution is 7.98. The van der Waals surface area contributed by atoms with Crippen LogP contribution in [0.15, 0.2) is 116 Å². The number of Topliss-reactive ketones (excluding diaryl/α,β-unsaturated/α-hetero) is 1. The van der Waals surface area contributed by atoms with Crippen LogP contribution in [0.1, 0.15) is 47.1 Å². The molecule has 1 aliphatic heterocycles. The van der Waals surface area contributed by atoms with Crippen LogP contribution in [0.25, 0.3) is 23.1 Å². The molecule has 0 fully saturated rings. The Hall–Kier alpha value is -4.73. The van der Waals surface area contributed by atoms with Gasteiger partial charge < -0.3 is 9.15 Å². The molecule has 1 unspecified atom stereocenters. The van der Waals surface area contributed by atoms with Crippen molar-refractivity contribution in [3.8, 4) is 11.3 Å². The van der Waals surface area contributed by atoms with Crippen molar-refractivity contribution >= 4 is 46.6 Å². The molecule has 0 spiro atoms. The van der Waals surface area contributed by atoms with Gasteiger partial charge in [0.25, 0.3) is 5.56 Å². The summed E-state index contributed by atoms with van der Waals surface area (Å²) in [4.78, 5) is 45.8. The fourth-order valence-corrected chi connectivity index (χ4v) is 6.52. The van der Waals surface area contributed by atoms with E-state index in [1.807, 2.05) is 79.1 Å². The molecule has 3 heterocycles. The Bertz CT molecular complexity index is 2070. The summed E-state index contributed by atoms with van der Waals surface area (Å²) in [6.45, 7) is 3.47. The van der Waals surface area contributed by atoms with Crippen molar-refractivity contribution in [1.29, 1.82) is 0 Å². The topological polar surface area (TPSA) is 90.9 Å². The molecule has 0 N–H and O–H groups in total. The second kappa shape index (κ2) is 12.5. The lowest BCUT2D eigenvalue weighted by molar-refractivity contribution is -0.138. The fraction of sp³-hybridized carbons (Fsp3) is 0.143. The molecule has 0 saturated heterocycles. The van der Waals surface area contributed by atoms with E-state index in [0.29, 0.717) is 37.7 Å². The van der Waals surface area contributed by atoms with Crippen LogP contribution in [-0.2, 0) is 9.53 Å². The first-order valence-electron chi connectivity index (χ1n) is 14.0. The van der Waals surface area contributed by atoms with Crippen LogP contribution in [0, 0.1) is 0 Å². The monoisotopic (exact) mass is 620 g/mol. The SMILES string of the molecule is CCOC(=O)C1=C(c2ccccc2)N=c2sc(=Cc3ccc(-c4ccc(C(C)=O)cc4)o3)c(=O)n2C1c1ccc(SC)cc1. The number of aromatic nitrogens is 1. The molecule has 44 heavy (non-hydrogen) atoms. The van der Waals surface area contributed by atoms with Crippen LogP contribution in [0.3, 0.4) is 0 Å². The molecular formula is C35H28N2O5S2. The Morgan fingerprint density at radius 2 is 1.70 bits per heavy atom. The number of fused-ring (bicyclic) bond motifs is 1. The van der Waals surface area contributed by atoms with Crippen molar-refractivity contribution in [2.24, 2.45) is 4.99 Å². The third-order valence-electron chi connectivity index (χ3n) is 7.28. The maximum Gasteiger partial charge on any atom is 0.338 e. The van der Waals surface area contributed by atoms with Crippen LogP contribution in [0.4, 0.5) is 0 Å². The van der Waals surface area contributed by atoms with Crippen molar-refractivity contribution in [2.75, 3.05) is 12.9 Å². The third-order valence-corrected chi connectivity index (χ3v) is 9.01. The molecule has 0 saturated carbocycles. The lowest BCUT2D eigenvalue weighted by Crippen LogP contribution is -2.40. The van der Waals surface area contributed by atoms with E-state index in [-0.39, 0.29) is 17.9 Å². The van der Waals surface area contributed by atoms with Gasteiger partial charge >= 0.3 is 5.97 Å². The summed E-state index contributed by atoms with van der Waals surface area (Å²) in [7, 11) is 0. The number of hydrogen-bond acceptors (Lipinski definition) is 8. The summed E-state index contributed by atoms with van der Waals surface area (Å²) in [5.74, 6) is 0.582. The summed E-state index contributed by atoms with van der Waals surface area (Å²) in [5, 5.41) is 0. The standard InChI is InChI=1S/C35H28N2O5S2/c1-4-41-34(40)30-31(24-8-6-5-7-9-24)36-35-37(32(30)25-14-17-27(43-3)18-15-25)33(39)29(44-35)20-26-16-19-28(42-26)23-12-10-22(11-13-23)21(2)38/h5-20,32H,4H2,1-3H3. The summed E-state index contributed by atoms with van der Waals surface area (Å²) >= 11 is 2.85. The molecule has 2 aromatic heterocycles. The highest BCUT2D eigenvalue weighted by atomic mass is 32.2. The number of hydrogen-bond donors (Lipinski definition) is 0. The van der Waals surface area contributed by atoms with E-state index in [0.717, 1.165) is 21.6 Å². The Balaban J connectivity index is 1.52. The van der Waals surface area contributed by atoms with Gasteiger partial charge in [-0.1, -0.05) is 78.1 Å². The predicted molar refractivity (Wildman–Crippen MR) is 173 cm³/mol. The van der Waals surface area contributed by atoms with Crippen molar-refractivity contribution in [1.82, 2.24) is 4.57 Å². The molecule has 0 aliphatic carbocycles. The maximum atomic E-state index is 14.1. The maximum absolute atomic E-state index is 14.1. The number of nitrogens with zero attached hydrogens (tertiary/aromatic N) is 2. The Labute approximate surface area is 261 Å². The summed E-state index contributed by atoms with van der Waals surface area (Å²) < 4.78 is 13.6. The second-order valence-corrected chi connectivity index (χ2v) is 11.9. The van der Waals surface area contributed by atoms with Gasteiger partial charge in [-0.3, -0.25) is 14.2 Å². The molecule has 0 bridgehead atoms. The largest absolute Gasteiger partial charge is 0.463 e. The number of benzene rings is 3. The quantitative estimate of drug-likeness (QED) is 0.118. The van der Waals surface area contributed by atoms with Crippen LogP contribution in [0.5, 0.6) is 0 Å². The average Bonchev–Trinajstić information content (AvgIpc) is 3.65. The second-order valence-electron chi connectivity index (χ2n) is 10.0. The molecule has 3 aromatic carbocycles. The molecule has 1 atom stereocenters. The van der Waals surface area contributed by atoms with Gasteiger partial charge in [0.2, 0.25) is 0 Å². The molecular weight excluding hydrogens is 593 g/mol. The van der Waals surface area contributed by atoms with Gasteiger partial charge in [-0.05, 0) is 49.9 Å². The minimum Gasteiger partial charge on any atom is -0.463 e. The minimum atomic E-state index is -0.745. The zero-order valence-corrected chi connectivity index (χ0v) is 25.9. The van der Waals surface area contributed by atoms with E-state index < -0.39 is 12.0 Å². The van der Waals surface area contributed by atoms with Crippen LogP contribution in [-0.4, -0.2) is 29.2 Å². The highest BCUT2D eigenvalue weighted by Gasteiger charge is 2.35. The zero-order valence-electron chi connectivity index (χ0n) is 24.3. The Morgan fingerprint density at radius 3 is 2.36 bits per heavy atom. The number of thiazole rings is 1. The van der Waals surface area contributed by atoms with E-state index in [2.05, 4.69) is 0 Å². The van der Waals surface area contributed by atoms with E-state index >= 15 is 0 Å². The van der Waals surface area contributed by atoms with Gasteiger partial charge in [0, 0.05) is 27.7 Å². The molecule has 0 radical (unpaired) electrons.